The monoisotopic (exact) mass is 149 g/mol. The maximum Gasteiger partial charge on any atom is 0.0844 e. The summed E-state index contributed by atoms with van der Waals surface area (Å²) in [6.45, 7) is 1.94. The van der Waals surface area contributed by atoms with E-state index in [0.717, 1.165) is 19.6 Å². The fourth-order valence-corrected chi connectivity index (χ4v) is 2.23. The summed E-state index contributed by atoms with van der Waals surface area (Å²) in [7, 11) is 0. The molecule has 3 heterocycles. The minimum Gasteiger partial charge on any atom is -0.371 e. The zero-order chi connectivity index (χ0) is 7.31. The number of fused-ring (bicyclic) bond motifs is 1. The van der Waals surface area contributed by atoms with E-state index in [2.05, 4.69) is 29.3 Å². The van der Waals surface area contributed by atoms with Crippen LogP contribution >= 0.6 is 0 Å². The molecule has 1 spiro atoms. The normalized spacial score (nSPS) is 45.1. The third-order valence-corrected chi connectivity index (χ3v) is 2.88. The second-order valence-corrected chi connectivity index (χ2v) is 3.55. The van der Waals surface area contributed by atoms with Gasteiger partial charge in [0.1, 0.15) is 0 Å². The summed E-state index contributed by atoms with van der Waals surface area (Å²) in [6, 6.07) is 0. The molecule has 3 aliphatic heterocycles. The quantitative estimate of drug-likeness (QED) is 0.475. The summed E-state index contributed by atoms with van der Waals surface area (Å²) in [5.74, 6) is 0. The van der Waals surface area contributed by atoms with Crippen LogP contribution < -0.4 is 0 Å². The second kappa shape index (κ2) is 1.69. The van der Waals surface area contributed by atoms with Crippen molar-refractivity contribution in [2.45, 2.75) is 18.1 Å². The van der Waals surface area contributed by atoms with Crippen LogP contribution in [0.4, 0.5) is 0 Å². The summed E-state index contributed by atoms with van der Waals surface area (Å²) in [5, 5.41) is 0. The Bertz CT molecular complexity index is 246. The summed E-state index contributed by atoms with van der Waals surface area (Å²) in [4.78, 5) is 2.37. The lowest BCUT2D eigenvalue weighted by Crippen LogP contribution is -2.42. The van der Waals surface area contributed by atoms with Crippen LogP contribution in [0.3, 0.4) is 0 Å². The summed E-state index contributed by atoms with van der Waals surface area (Å²) >= 11 is 0. The third kappa shape index (κ3) is 0.607. The Labute approximate surface area is 66.1 Å². The molecule has 0 unspecified atom stereocenters. The fraction of sp³-hybridized carbons (Fsp3) is 0.556. The van der Waals surface area contributed by atoms with Gasteiger partial charge in [-0.05, 0) is 12.3 Å². The average Bonchev–Trinajstić information content (AvgIpc) is 2.58. The van der Waals surface area contributed by atoms with E-state index in [1.54, 1.807) is 0 Å². The minimum absolute atomic E-state index is 0.249. The van der Waals surface area contributed by atoms with Crippen LogP contribution in [-0.4, -0.2) is 29.7 Å². The van der Waals surface area contributed by atoms with Crippen molar-refractivity contribution in [2.24, 2.45) is 0 Å². The van der Waals surface area contributed by atoms with E-state index in [1.807, 2.05) is 0 Å². The molecule has 0 saturated carbocycles. The first-order chi connectivity index (χ1) is 5.39. The van der Waals surface area contributed by atoms with E-state index in [-0.39, 0.29) is 5.54 Å². The standard InChI is InChI=1S/C9H11NO/c1-3-9-6-8(11-7-9)2-5-10(9)4-1/h1-3,5,8H,4,6-7H2/t8-,9+/m0/s1. The third-order valence-electron chi connectivity index (χ3n) is 2.88. The van der Waals surface area contributed by atoms with Crippen molar-refractivity contribution in [3.8, 4) is 0 Å². The van der Waals surface area contributed by atoms with Gasteiger partial charge in [0.2, 0.25) is 0 Å². The molecule has 1 fully saturated rings. The molecule has 0 amide bonds. The molecule has 1 saturated heterocycles. The molecular formula is C9H11NO. The van der Waals surface area contributed by atoms with Crippen molar-refractivity contribution in [1.82, 2.24) is 4.90 Å². The smallest absolute Gasteiger partial charge is 0.0844 e. The van der Waals surface area contributed by atoms with Crippen LogP contribution in [0.25, 0.3) is 0 Å². The predicted molar refractivity (Wildman–Crippen MR) is 42.1 cm³/mol. The van der Waals surface area contributed by atoms with E-state index in [0.29, 0.717) is 6.10 Å². The van der Waals surface area contributed by atoms with Gasteiger partial charge in [0.15, 0.2) is 0 Å². The lowest BCUT2D eigenvalue weighted by molar-refractivity contribution is 0.131. The van der Waals surface area contributed by atoms with Gasteiger partial charge in [0.05, 0.1) is 18.2 Å². The number of ether oxygens (including phenoxy) is 1. The molecule has 0 aromatic carbocycles. The van der Waals surface area contributed by atoms with Crippen LogP contribution in [0.1, 0.15) is 6.42 Å². The number of hydrogen-bond donors (Lipinski definition) is 0. The van der Waals surface area contributed by atoms with Crippen LogP contribution in [-0.2, 0) is 4.74 Å². The van der Waals surface area contributed by atoms with Crippen molar-refractivity contribution < 1.29 is 4.74 Å². The Morgan fingerprint density at radius 1 is 1.55 bits per heavy atom. The van der Waals surface area contributed by atoms with Crippen molar-refractivity contribution >= 4 is 0 Å². The lowest BCUT2D eigenvalue weighted by Gasteiger charge is -2.34. The summed E-state index contributed by atoms with van der Waals surface area (Å²) < 4.78 is 5.60. The van der Waals surface area contributed by atoms with Gasteiger partial charge in [0.25, 0.3) is 0 Å². The molecule has 2 heteroatoms. The van der Waals surface area contributed by atoms with E-state index in [9.17, 15) is 0 Å². The molecule has 0 N–H and O–H groups in total. The zero-order valence-electron chi connectivity index (χ0n) is 6.36. The molecule has 2 atom stereocenters. The van der Waals surface area contributed by atoms with Gasteiger partial charge in [-0.2, -0.15) is 0 Å². The van der Waals surface area contributed by atoms with Crippen LogP contribution in [0.2, 0.25) is 0 Å². The van der Waals surface area contributed by atoms with Gasteiger partial charge in [0, 0.05) is 13.0 Å². The Kier molecular flexibility index (Phi) is 0.899. The maximum absolute atomic E-state index is 5.60. The van der Waals surface area contributed by atoms with Crippen molar-refractivity contribution in [1.29, 1.82) is 0 Å². The molecule has 0 radical (unpaired) electrons. The number of rotatable bonds is 0. The zero-order valence-corrected chi connectivity index (χ0v) is 6.36. The first-order valence-corrected chi connectivity index (χ1v) is 4.13. The highest BCUT2D eigenvalue weighted by Crippen LogP contribution is 2.38. The maximum atomic E-state index is 5.60. The van der Waals surface area contributed by atoms with E-state index in [4.69, 9.17) is 4.74 Å². The second-order valence-electron chi connectivity index (χ2n) is 3.55. The van der Waals surface area contributed by atoms with Gasteiger partial charge < -0.3 is 9.64 Å². The van der Waals surface area contributed by atoms with Gasteiger partial charge in [-0.3, -0.25) is 0 Å². The van der Waals surface area contributed by atoms with Gasteiger partial charge in [-0.1, -0.05) is 12.2 Å². The molecule has 3 aliphatic rings. The largest absolute Gasteiger partial charge is 0.371 e. The van der Waals surface area contributed by atoms with Gasteiger partial charge in [-0.15, -0.1) is 0 Å². The Hall–Kier alpha value is -0.760. The Morgan fingerprint density at radius 3 is 3.55 bits per heavy atom. The van der Waals surface area contributed by atoms with E-state index < -0.39 is 0 Å². The highest BCUT2D eigenvalue weighted by molar-refractivity contribution is 5.25. The first kappa shape index (κ1) is 5.84. The van der Waals surface area contributed by atoms with Gasteiger partial charge >= 0.3 is 0 Å². The van der Waals surface area contributed by atoms with Crippen molar-refractivity contribution in [3.63, 3.8) is 0 Å². The predicted octanol–water partition coefficient (Wildman–Crippen LogP) is 0.913. The van der Waals surface area contributed by atoms with E-state index in [1.165, 1.54) is 0 Å². The molecule has 58 valence electrons. The van der Waals surface area contributed by atoms with Crippen molar-refractivity contribution in [3.05, 3.63) is 24.4 Å². The summed E-state index contributed by atoms with van der Waals surface area (Å²) in [6.07, 6.45) is 10.4. The molecule has 3 rings (SSSR count). The SMILES string of the molecule is C1=C[C@@]23CO[C@@H](C=CN2C1)C3. The highest BCUT2D eigenvalue weighted by atomic mass is 16.5. The molecule has 11 heavy (non-hydrogen) atoms. The molecule has 2 nitrogen and oxygen atoms in total. The Balaban J connectivity index is 2.08. The van der Waals surface area contributed by atoms with Crippen LogP contribution in [0.15, 0.2) is 24.4 Å². The molecular weight excluding hydrogens is 138 g/mol. The van der Waals surface area contributed by atoms with Crippen LogP contribution in [0.5, 0.6) is 0 Å². The molecule has 0 aromatic rings. The molecule has 0 aromatic heterocycles. The van der Waals surface area contributed by atoms with Crippen LogP contribution in [0, 0.1) is 0 Å². The number of nitrogens with zero attached hydrogens (tertiary/aromatic N) is 1. The highest BCUT2D eigenvalue weighted by Gasteiger charge is 2.45. The fourth-order valence-electron chi connectivity index (χ4n) is 2.23. The minimum atomic E-state index is 0.249. The first-order valence-electron chi connectivity index (χ1n) is 4.13. The summed E-state index contributed by atoms with van der Waals surface area (Å²) in [5.41, 5.74) is 0.249. The molecule has 2 bridgehead atoms. The average molecular weight is 149 g/mol. The van der Waals surface area contributed by atoms with Crippen molar-refractivity contribution in [2.75, 3.05) is 13.2 Å². The topological polar surface area (TPSA) is 12.5 Å². The van der Waals surface area contributed by atoms with E-state index >= 15 is 0 Å². The Morgan fingerprint density at radius 2 is 2.55 bits per heavy atom. The molecule has 0 aliphatic carbocycles. The number of hydrogen-bond acceptors (Lipinski definition) is 2. The lowest BCUT2D eigenvalue weighted by atomic mass is 9.94. The van der Waals surface area contributed by atoms with Gasteiger partial charge in [-0.25, -0.2) is 0 Å².